The molecule has 5 heteroatoms. The maximum atomic E-state index is 13.9. The van der Waals surface area contributed by atoms with Gasteiger partial charge in [-0.3, -0.25) is 0 Å². The van der Waals surface area contributed by atoms with Gasteiger partial charge in [-0.05, 0) is 48.9 Å². The third kappa shape index (κ3) is 5.70. The highest BCUT2D eigenvalue weighted by Gasteiger charge is 2.10. The molecule has 2 nitrogen and oxygen atoms in total. The van der Waals surface area contributed by atoms with Gasteiger partial charge in [-0.2, -0.15) is 0 Å². The van der Waals surface area contributed by atoms with Crippen LogP contribution < -0.4 is 10.1 Å². The molecule has 0 aliphatic heterocycles. The molecule has 3 aromatic carbocycles. The van der Waals surface area contributed by atoms with Crippen molar-refractivity contribution in [2.75, 3.05) is 6.54 Å². The van der Waals surface area contributed by atoms with Crippen LogP contribution in [0.5, 0.6) is 5.75 Å². The van der Waals surface area contributed by atoms with Crippen molar-refractivity contribution < 1.29 is 9.13 Å². The molecule has 0 aliphatic carbocycles. The Hall–Kier alpha value is -2.07. The van der Waals surface area contributed by atoms with E-state index < -0.39 is 0 Å². The van der Waals surface area contributed by atoms with Crippen LogP contribution in [0, 0.1) is 5.82 Å². The summed E-state index contributed by atoms with van der Waals surface area (Å²) in [5.41, 5.74) is 2.54. The molecule has 3 aromatic rings. The summed E-state index contributed by atoms with van der Waals surface area (Å²) in [5, 5.41) is 4.38. The average Bonchev–Trinajstić information content (AvgIpc) is 2.67. The lowest BCUT2D eigenvalue weighted by Crippen LogP contribution is -2.17. The summed E-state index contributed by atoms with van der Waals surface area (Å²) in [6.45, 7) is 1.49. The lowest BCUT2D eigenvalue weighted by molar-refractivity contribution is 0.296. The fraction of sp³-hybridized carbons (Fsp3) is 0.182. The Morgan fingerprint density at radius 1 is 0.926 bits per heavy atom. The van der Waals surface area contributed by atoms with Gasteiger partial charge in [-0.15, -0.1) is 0 Å². The van der Waals surface area contributed by atoms with E-state index in [9.17, 15) is 4.39 Å². The van der Waals surface area contributed by atoms with E-state index in [1.807, 2.05) is 24.3 Å². The van der Waals surface area contributed by atoms with Gasteiger partial charge in [0.05, 0.1) is 5.02 Å². The molecule has 0 amide bonds. The first-order valence-corrected chi connectivity index (χ1v) is 9.48. The lowest BCUT2D eigenvalue weighted by atomic mass is 10.1. The molecule has 27 heavy (non-hydrogen) atoms. The van der Waals surface area contributed by atoms with Gasteiger partial charge in [0.25, 0.3) is 0 Å². The number of nitrogens with one attached hydrogen (secondary N) is 1. The second kappa shape index (κ2) is 9.75. The second-order valence-electron chi connectivity index (χ2n) is 6.15. The Morgan fingerprint density at radius 2 is 1.74 bits per heavy atom. The van der Waals surface area contributed by atoms with Crippen molar-refractivity contribution in [3.63, 3.8) is 0 Å². The van der Waals surface area contributed by atoms with E-state index in [2.05, 4.69) is 17.4 Å². The number of rotatable bonds is 8. The molecule has 0 unspecified atom stereocenters. The molecular weight excluding hydrogens is 384 g/mol. The van der Waals surface area contributed by atoms with Gasteiger partial charge in [0.1, 0.15) is 18.2 Å². The molecule has 0 aliphatic rings. The van der Waals surface area contributed by atoms with Crippen LogP contribution in [0.1, 0.15) is 16.7 Å². The minimum absolute atomic E-state index is 0.0597. The van der Waals surface area contributed by atoms with Crippen LogP contribution in [0.4, 0.5) is 4.39 Å². The van der Waals surface area contributed by atoms with E-state index in [4.69, 9.17) is 27.9 Å². The fourth-order valence-electron chi connectivity index (χ4n) is 2.75. The van der Waals surface area contributed by atoms with Gasteiger partial charge in [0.2, 0.25) is 0 Å². The molecule has 0 aromatic heterocycles. The predicted octanol–water partition coefficient (Wildman–Crippen LogP) is 6.04. The van der Waals surface area contributed by atoms with E-state index in [0.29, 0.717) is 27.9 Å². The van der Waals surface area contributed by atoms with Crippen molar-refractivity contribution >= 4 is 23.2 Å². The first-order valence-electron chi connectivity index (χ1n) is 8.72. The SMILES string of the molecule is Fc1cccc(Cl)c1COc1ccc(Cl)cc1CNCCc1ccccc1. The summed E-state index contributed by atoms with van der Waals surface area (Å²) in [5.74, 6) is 0.282. The van der Waals surface area contributed by atoms with E-state index in [0.717, 1.165) is 18.5 Å². The Labute approximate surface area is 168 Å². The number of hydrogen-bond donors (Lipinski definition) is 1. The van der Waals surface area contributed by atoms with Crippen LogP contribution in [-0.2, 0) is 19.6 Å². The van der Waals surface area contributed by atoms with Crippen LogP contribution in [-0.4, -0.2) is 6.54 Å². The second-order valence-corrected chi connectivity index (χ2v) is 7.00. The average molecular weight is 404 g/mol. The third-order valence-corrected chi connectivity index (χ3v) is 4.79. The zero-order chi connectivity index (χ0) is 19.1. The van der Waals surface area contributed by atoms with Crippen LogP contribution in [0.15, 0.2) is 66.7 Å². The summed E-state index contributed by atoms with van der Waals surface area (Å²) < 4.78 is 19.8. The largest absolute Gasteiger partial charge is 0.488 e. The van der Waals surface area contributed by atoms with Gasteiger partial charge in [-0.25, -0.2) is 4.39 Å². The van der Waals surface area contributed by atoms with Crippen molar-refractivity contribution in [1.82, 2.24) is 5.32 Å². The normalized spacial score (nSPS) is 10.8. The number of halogens is 3. The Bertz CT molecular complexity index is 866. The molecule has 3 rings (SSSR count). The fourth-order valence-corrected chi connectivity index (χ4v) is 3.16. The van der Waals surface area contributed by atoms with Gasteiger partial charge in [-0.1, -0.05) is 59.6 Å². The third-order valence-electron chi connectivity index (χ3n) is 4.20. The van der Waals surface area contributed by atoms with Crippen LogP contribution in [0.2, 0.25) is 10.0 Å². The predicted molar refractivity (Wildman–Crippen MR) is 109 cm³/mol. The van der Waals surface area contributed by atoms with E-state index in [-0.39, 0.29) is 12.4 Å². The van der Waals surface area contributed by atoms with Crippen molar-refractivity contribution in [2.45, 2.75) is 19.6 Å². The molecule has 0 saturated carbocycles. The first kappa shape index (κ1) is 19.7. The van der Waals surface area contributed by atoms with E-state index in [1.54, 1.807) is 24.3 Å². The standard InChI is InChI=1S/C22H20Cl2FNO/c23-18-9-10-22(27-15-19-20(24)7-4-8-21(19)25)17(13-18)14-26-12-11-16-5-2-1-3-6-16/h1-10,13,26H,11-12,14-15H2. The maximum absolute atomic E-state index is 13.9. The highest BCUT2D eigenvalue weighted by Crippen LogP contribution is 2.26. The highest BCUT2D eigenvalue weighted by atomic mass is 35.5. The topological polar surface area (TPSA) is 21.3 Å². The van der Waals surface area contributed by atoms with E-state index in [1.165, 1.54) is 11.6 Å². The smallest absolute Gasteiger partial charge is 0.131 e. The number of benzene rings is 3. The minimum atomic E-state index is -0.376. The molecule has 0 spiro atoms. The summed E-state index contributed by atoms with van der Waals surface area (Å²) in [7, 11) is 0. The van der Waals surface area contributed by atoms with Crippen LogP contribution in [0.25, 0.3) is 0 Å². The Morgan fingerprint density at radius 3 is 2.52 bits per heavy atom. The summed E-state index contributed by atoms with van der Waals surface area (Å²) in [6, 6.07) is 20.3. The number of hydrogen-bond acceptors (Lipinski definition) is 2. The molecule has 0 saturated heterocycles. The molecule has 0 radical (unpaired) electrons. The Balaban J connectivity index is 1.61. The van der Waals surface area contributed by atoms with E-state index >= 15 is 0 Å². The van der Waals surface area contributed by atoms with Crippen LogP contribution >= 0.6 is 23.2 Å². The lowest BCUT2D eigenvalue weighted by Gasteiger charge is -2.14. The van der Waals surface area contributed by atoms with Gasteiger partial charge in [0, 0.05) is 22.7 Å². The summed E-state index contributed by atoms with van der Waals surface area (Å²) in [4.78, 5) is 0. The molecule has 1 N–H and O–H groups in total. The van der Waals surface area contributed by atoms with Gasteiger partial charge >= 0.3 is 0 Å². The first-order chi connectivity index (χ1) is 13.1. The quantitative estimate of drug-likeness (QED) is 0.462. The number of ether oxygens (including phenoxy) is 1. The minimum Gasteiger partial charge on any atom is -0.488 e. The molecule has 0 fully saturated rings. The van der Waals surface area contributed by atoms with Gasteiger partial charge in [0.15, 0.2) is 0 Å². The zero-order valence-corrected chi connectivity index (χ0v) is 16.2. The van der Waals surface area contributed by atoms with Gasteiger partial charge < -0.3 is 10.1 Å². The van der Waals surface area contributed by atoms with Crippen molar-refractivity contribution in [3.8, 4) is 5.75 Å². The summed E-state index contributed by atoms with van der Waals surface area (Å²) >= 11 is 12.2. The molecule has 0 heterocycles. The highest BCUT2D eigenvalue weighted by molar-refractivity contribution is 6.31. The Kier molecular flexibility index (Phi) is 7.11. The molecular formula is C22H20Cl2FNO. The maximum Gasteiger partial charge on any atom is 0.131 e. The molecule has 140 valence electrons. The van der Waals surface area contributed by atoms with Crippen LogP contribution in [0.3, 0.4) is 0 Å². The van der Waals surface area contributed by atoms with Crippen molar-refractivity contribution in [2.24, 2.45) is 0 Å². The summed E-state index contributed by atoms with van der Waals surface area (Å²) in [6.07, 6.45) is 0.933. The zero-order valence-electron chi connectivity index (χ0n) is 14.7. The van der Waals surface area contributed by atoms with Crippen molar-refractivity contribution in [3.05, 3.63) is 99.3 Å². The molecule has 0 bridgehead atoms. The molecule has 0 atom stereocenters. The monoisotopic (exact) mass is 403 g/mol. The van der Waals surface area contributed by atoms with Crippen molar-refractivity contribution in [1.29, 1.82) is 0 Å².